The molecule has 0 saturated carbocycles. The molecule has 1 saturated heterocycles. The number of amides is 1. The standard InChI is InChI=1S/C27H27N7O/c1-32-11-7-17(8-12-32)33-13-9-22-23(16-33)31-26(30-22)19-6-5-18(21-14-28-27(35)25(19)21)20-15-29-34-10-3-2-4-24(20)34/h2-6,10,14-15,17H,7-9,11-13,16H2,1H3,(H,30,31). The van der Waals surface area contributed by atoms with Crippen molar-refractivity contribution >= 4 is 17.6 Å². The Balaban J connectivity index is 1.25. The van der Waals surface area contributed by atoms with Gasteiger partial charge >= 0.3 is 0 Å². The van der Waals surface area contributed by atoms with E-state index >= 15 is 0 Å². The molecule has 8 nitrogen and oxygen atoms in total. The highest BCUT2D eigenvalue weighted by Gasteiger charge is 2.30. The van der Waals surface area contributed by atoms with Gasteiger partial charge in [-0.25, -0.2) is 14.5 Å². The van der Waals surface area contributed by atoms with Crippen LogP contribution in [0.5, 0.6) is 0 Å². The summed E-state index contributed by atoms with van der Waals surface area (Å²) in [5.74, 6) is 0.553. The normalized spacial score (nSPS) is 18.9. The minimum Gasteiger partial charge on any atom is -0.342 e. The SMILES string of the molecule is CN1CCC(N2CCc3[nH]c(-c4ccc(-c5cnn6ccccc56)c5c4C(=O)N=C5)nc3C2)CC1. The number of H-pyrrole nitrogens is 1. The van der Waals surface area contributed by atoms with Gasteiger partial charge in [0.25, 0.3) is 5.91 Å². The van der Waals surface area contributed by atoms with Crippen LogP contribution >= 0.6 is 0 Å². The number of aromatic nitrogens is 4. The number of rotatable bonds is 3. The van der Waals surface area contributed by atoms with E-state index in [-0.39, 0.29) is 5.91 Å². The minimum absolute atomic E-state index is 0.212. The highest BCUT2D eigenvalue weighted by atomic mass is 16.1. The number of pyridine rings is 1. The molecule has 3 aliphatic heterocycles. The first-order valence-corrected chi connectivity index (χ1v) is 12.3. The number of piperidine rings is 1. The van der Waals surface area contributed by atoms with Crippen molar-refractivity contribution in [1.29, 1.82) is 0 Å². The lowest BCUT2D eigenvalue weighted by atomic mass is 9.93. The van der Waals surface area contributed by atoms with Gasteiger partial charge in [-0.3, -0.25) is 9.69 Å². The van der Waals surface area contributed by atoms with Crippen LogP contribution in [-0.4, -0.2) is 74.2 Å². The molecule has 35 heavy (non-hydrogen) atoms. The van der Waals surface area contributed by atoms with E-state index in [1.165, 1.54) is 18.5 Å². The van der Waals surface area contributed by atoms with Crippen molar-refractivity contribution in [2.24, 2.45) is 4.99 Å². The number of hydrogen-bond donors (Lipinski definition) is 1. The fourth-order valence-corrected chi connectivity index (χ4v) is 5.86. The van der Waals surface area contributed by atoms with Crippen molar-refractivity contribution < 1.29 is 4.79 Å². The summed E-state index contributed by atoms with van der Waals surface area (Å²) in [7, 11) is 2.20. The van der Waals surface area contributed by atoms with Crippen molar-refractivity contribution in [1.82, 2.24) is 29.4 Å². The molecule has 0 aliphatic carbocycles. The summed E-state index contributed by atoms with van der Waals surface area (Å²) in [5, 5.41) is 4.48. The lowest BCUT2D eigenvalue weighted by Crippen LogP contribution is -2.45. The quantitative estimate of drug-likeness (QED) is 0.501. The Hall–Kier alpha value is -3.62. The summed E-state index contributed by atoms with van der Waals surface area (Å²) in [6.07, 6.45) is 8.86. The number of carbonyl (C=O) groups is 1. The van der Waals surface area contributed by atoms with Gasteiger partial charge in [0.2, 0.25) is 0 Å². The molecule has 1 N–H and O–H groups in total. The highest BCUT2D eigenvalue weighted by molar-refractivity contribution is 6.19. The van der Waals surface area contributed by atoms with Crippen LogP contribution in [0.25, 0.3) is 28.0 Å². The van der Waals surface area contributed by atoms with E-state index in [9.17, 15) is 4.79 Å². The molecule has 7 rings (SSSR count). The third kappa shape index (κ3) is 3.36. The number of imidazole rings is 1. The average Bonchev–Trinajstić information content (AvgIpc) is 3.60. The second-order valence-electron chi connectivity index (χ2n) is 9.87. The second kappa shape index (κ2) is 7.96. The first kappa shape index (κ1) is 20.7. The van der Waals surface area contributed by atoms with Gasteiger partial charge in [0.1, 0.15) is 5.82 Å². The maximum Gasteiger partial charge on any atom is 0.278 e. The van der Waals surface area contributed by atoms with Crippen LogP contribution in [0.3, 0.4) is 0 Å². The van der Waals surface area contributed by atoms with Crippen LogP contribution in [0.1, 0.15) is 40.2 Å². The van der Waals surface area contributed by atoms with Gasteiger partial charge < -0.3 is 9.88 Å². The predicted octanol–water partition coefficient (Wildman–Crippen LogP) is 3.42. The molecule has 3 aliphatic rings. The summed E-state index contributed by atoms with van der Waals surface area (Å²) in [6, 6.07) is 10.7. The van der Waals surface area contributed by atoms with Gasteiger partial charge in [-0.15, -0.1) is 0 Å². The molecule has 1 amide bonds. The predicted molar refractivity (Wildman–Crippen MR) is 135 cm³/mol. The van der Waals surface area contributed by atoms with Gasteiger partial charge in [-0.2, -0.15) is 5.10 Å². The highest BCUT2D eigenvalue weighted by Crippen LogP contribution is 2.37. The fraction of sp³-hybridized carbons (Fsp3) is 0.333. The zero-order chi connectivity index (χ0) is 23.5. The van der Waals surface area contributed by atoms with E-state index in [0.717, 1.165) is 71.9 Å². The Bertz CT molecular complexity index is 1490. The van der Waals surface area contributed by atoms with E-state index in [4.69, 9.17) is 4.98 Å². The molecule has 1 fully saturated rings. The fourth-order valence-electron chi connectivity index (χ4n) is 5.86. The molecular formula is C27H27N7O. The number of aromatic amines is 1. The van der Waals surface area contributed by atoms with E-state index < -0.39 is 0 Å². The Kier molecular flexibility index (Phi) is 4.72. The molecule has 6 heterocycles. The number of nitrogens with zero attached hydrogens (tertiary/aromatic N) is 6. The van der Waals surface area contributed by atoms with Crippen LogP contribution in [0.15, 0.2) is 47.7 Å². The maximum atomic E-state index is 12.9. The molecule has 176 valence electrons. The van der Waals surface area contributed by atoms with Crippen molar-refractivity contribution in [2.45, 2.75) is 31.8 Å². The Morgan fingerprint density at radius 3 is 2.77 bits per heavy atom. The lowest BCUT2D eigenvalue weighted by molar-refractivity contribution is 0.101. The lowest BCUT2D eigenvalue weighted by Gasteiger charge is -2.38. The van der Waals surface area contributed by atoms with Gasteiger partial charge in [0, 0.05) is 60.3 Å². The minimum atomic E-state index is -0.212. The third-order valence-corrected chi connectivity index (χ3v) is 7.81. The number of likely N-dealkylation sites (tertiary alicyclic amines) is 1. The van der Waals surface area contributed by atoms with Crippen molar-refractivity contribution in [2.75, 3.05) is 26.7 Å². The zero-order valence-electron chi connectivity index (χ0n) is 19.7. The molecule has 8 heteroatoms. The van der Waals surface area contributed by atoms with Crippen molar-refractivity contribution in [3.63, 3.8) is 0 Å². The van der Waals surface area contributed by atoms with E-state index in [2.05, 4.69) is 38.0 Å². The largest absolute Gasteiger partial charge is 0.342 e. The van der Waals surface area contributed by atoms with Crippen LogP contribution in [0, 0.1) is 0 Å². The van der Waals surface area contributed by atoms with E-state index in [0.29, 0.717) is 11.6 Å². The topological polar surface area (TPSA) is 81.9 Å². The molecule has 4 aromatic rings. The van der Waals surface area contributed by atoms with Gasteiger partial charge in [-0.05, 0) is 56.7 Å². The molecule has 1 aromatic carbocycles. The van der Waals surface area contributed by atoms with Crippen LogP contribution in [0.4, 0.5) is 0 Å². The first-order valence-electron chi connectivity index (χ1n) is 12.3. The first-order chi connectivity index (χ1) is 17.2. The number of fused-ring (bicyclic) bond motifs is 3. The van der Waals surface area contributed by atoms with Crippen molar-refractivity contribution in [3.8, 4) is 22.5 Å². The summed E-state index contributed by atoms with van der Waals surface area (Å²) in [6.45, 7) is 4.24. The number of hydrogen-bond acceptors (Lipinski definition) is 5. The number of benzene rings is 1. The number of aliphatic imine (C=N–C) groups is 1. The Morgan fingerprint density at radius 2 is 1.89 bits per heavy atom. The third-order valence-electron chi connectivity index (χ3n) is 7.81. The molecule has 0 spiro atoms. The molecule has 0 atom stereocenters. The van der Waals surface area contributed by atoms with Gasteiger partial charge in [0.05, 0.1) is 23.0 Å². The molecule has 0 unspecified atom stereocenters. The van der Waals surface area contributed by atoms with E-state index in [1.807, 2.05) is 41.2 Å². The van der Waals surface area contributed by atoms with E-state index in [1.54, 1.807) is 6.21 Å². The Morgan fingerprint density at radius 1 is 1.03 bits per heavy atom. The molecule has 0 bridgehead atoms. The van der Waals surface area contributed by atoms with Crippen molar-refractivity contribution in [3.05, 3.63) is 65.2 Å². The number of carbonyl (C=O) groups excluding carboxylic acids is 1. The van der Waals surface area contributed by atoms with Gasteiger partial charge in [0.15, 0.2) is 0 Å². The summed E-state index contributed by atoms with van der Waals surface area (Å²) in [4.78, 5) is 30.6. The number of nitrogens with one attached hydrogen (secondary N) is 1. The Labute approximate surface area is 203 Å². The molecule has 3 aromatic heterocycles. The monoisotopic (exact) mass is 465 g/mol. The van der Waals surface area contributed by atoms with Crippen LogP contribution in [-0.2, 0) is 13.0 Å². The zero-order valence-corrected chi connectivity index (χ0v) is 19.7. The van der Waals surface area contributed by atoms with Crippen LogP contribution in [0.2, 0.25) is 0 Å². The summed E-state index contributed by atoms with van der Waals surface area (Å²) >= 11 is 0. The average molecular weight is 466 g/mol. The van der Waals surface area contributed by atoms with Gasteiger partial charge in [-0.1, -0.05) is 12.1 Å². The smallest absolute Gasteiger partial charge is 0.278 e. The summed E-state index contributed by atoms with van der Waals surface area (Å²) in [5.41, 5.74) is 7.53. The molecule has 0 radical (unpaired) electrons. The summed E-state index contributed by atoms with van der Waals surface area (Å²) < 4.78 is 1.85. The molecular weight excluding hydrogens is 438 g/mol. The van der Waals surface area contributed by atoms with Crippen LogP contribution < -0.4 is 0 Å². The maximum absolute atomic E-state index is 12.9. The second-order valence-corrected chi connectivity index (χ2v) is 9.87.